The summed E-state index contributed by atoms with van der Waals surface area (Å²) in [4.78, 5) is 2.85. The molecule has 102 valence electrons. The molecule has 18 heavy (non-hydrogen) atoms. The first-order valence-corrected chi connectivity index (χ1v) is 8.37. The Hall–Kier alpha value is -0.0800. The monoisotopic (exact) mass is 248 g/mol. The van der Waals surface area contributed by atoms with Crippen molar-refractivity contribution in [1.29, 1.82) is 0 Å². The van der Waals surface area contributed by atoms with Crippen LogP contribution in [0, 0.1) is 11.8 Å². The highest BCUT2D eigenvalue weighted by Crippen LogP contribution is 2.37. The van der Waals surface area contributed by atoms with E-state index in [4.69, 9.17) is 0 Å². The van der Waals surface area contributed by atoms with Crippen molar-refractivity contribution in [2.45, 2.75) is 75.9 Å². The van der Waals surface area contributed by atoms with Gasteiger partial charge >= 0.3 is 0 Å². The van der Waals surface area contributed by atoms with Gasteiger partial charge in [-0.25, -0.2) is 0 Å². The van der Waals surface area contributed by atoms with Crippen LogP contribution in [0.3, 0.4) is 0 Å². The molecular weight excluding hydrogens is 220 g/mol. The third-order valence-corrected chi connectivity index (χ3v) is 5.65. The van der Waals surface area contributed by atoms with E-state index in [9.17, 15) is 0 Å². The summed E-state index contributed by atoms with van der Waals surface area (Å²) in [5.41, 5.74) is 0. The topological polar surface area (TPSA) is 15.3 Å². The maximum atomic E-state index is 3.77. The molecular formula is C16H28N2. The second-order valence-electron chi connectivity index (χ2n) is 7.43. The van der Waals surface area contributed by atoms with E-state index in [0.717, 1.165) is 30.0 Å². The zero-order valence-corrected chi connectivity index (χ0v) is 11.6. The smallest absolute Gasteiger partial charge is 0.00965 e. The summed E-state index contributed by atoms with van der Waals surface area (Å²) < 4.78 is 0. The Morgan fingerprint density at radius 3 is 2.17 bits per heavy atom. The highest BCUT2D eigenvalue weighted by atomic mass is 15.2. The molecule has 2 heteroatoms. The van der Waals surface area contributed by atoms with Crippen molar-refractivity contribution in [3.63, 3.8) is 0 Å². The van der Waals surface area contributed by atoms with E-state index in [1.807, 2.05) is 0 Å². The van der Waals surface area contributed by atoms with Gasteiger partial charge in [0.2, 0.25) is 0 Å². The third kappa shape index (κ3) is 2.75. The molecule has 2 saturated carbocycles. The van der Waals surface area contributed by atoms with Crippen LogP contribution in [0.2, 0.25) is 0 Å². The Morgan fingerprint density at radius 1 is 0.833 bits per heavy atom. The van der Waals surface area contributed by atoms with Gasteiger partial charge in [0.15, 0.2) is 0 Å². The van der Waals surface area contributed by atoms with Crippen LogP contribution in [0.4, 0.5) is 0 Å². The van der Waals surface area contributed by atoms with Crippen molar-refractivity contribution in [3.8, 4) is 0 Å². The predicted molar refractivity (Wildman–Crippen MR) is 74.6 cm³/mol. The van der Waals surface area contributed by atoms with Gasteiger partial charge in [-0.1, -0.05) is 0 Å². The van der Waals surface area contributed by atoms with E-state index in [2.05, 4.69) is 10.2 Å². The number of nitrogens with one attached hydrogen (secondary N) is 1. The van der Waals surface area contributed by atoms with Crippen molar-refractivity contribution in [3.05, 3.63) is 0 Å². The fourth-order valence-corrected chi connectivity index (χ4v) is 4.25. The number of fused-ring (bicyclic) bond motifs is 2. The molecule has 2 unspecified atom stereocenters. The lowest BCUT2D eigenvalue weighted by atomic mass is 9.89. The van der Waals surface area contributed by atoms with Crippen LogP contribution < -0.4 is 5.32 Å². The van der Waals surface area contributed by atoms with Crippen molar-refractivity contribution in [2.75, 3.05) is 13.1 Å². The molecule has 2 saturated heterocycles. The summed E-state index contributed by atoms with van der Waals surface area (Å²) in [7, 11) is 0. The summed E-state index contributed by atoms with van der Waals surface area (Å²) >= 11 is 0. The standard InChI is InChI=1S/C16H28N2/c1-2-12(1)11-18(16-5-6-16)8-7-13-9-14-3-4-15(10-13)17-14/h12-17H,1-11H2. The zero-order chi connectivity index (χ0) is 11.9. The molecule has 2 atom stereocenters. The largest absolute Gasteiger partial charge is 0.311 e. The fourth-order valence-electron chi connectivity index (χ4n) is 4.25. The van der Waals surface area contributed by atoms with Gasteiger partial charge in [0, 0.05) is 24.7 Å². The Balaban J connectivity index is 1.26. The van der Waals surface area contributed by atoms with Crippen LogP contribution in [0.15, 0.2) is 0 Å². The number of hydrogen-bond acceptors (Lipinski definition) is 2. The van der Waals surface area contributed by atoms with Gasteiger partial charge in [0.1, 0.15) is 0 Å². The molecule has 1 N–H and O–H groups in total. The minimum atomic E-state index is 0.881. The van der Waals surface area contributed by atoms with E-state index in [1.54, 1.807) is 0 Å². The second kappa shape index (κ2) is 4.79. The predicted octanol–water partition coefficient (Wildman–Crippen LogP) is 2.78. The summed E-state index contributed by atoms with van der Waals surface area (Å²) in [6, 6.07) is 2.75. The van der Waals surface area contributed by atoms with Crippen LogP contribution in [0.1, 0.15) is 57.8 Å². The molecule has 2 aliphatic carbocycles. The number of hydrogen-bond donors (Lipinski definition) is 1. The van der Waals surface area contributed by atoms with Crippen LogP contribution in [0.25, 0.3) is 0 Å². The van der Waals surface area contributed by atoms with Gasteiger partial charge in [-0.05, 0) is 76.2 Å². The maximum absolute atomic E-state index is 3.77. The summed E-state index contributed by atoms with van der Waals surface area (Å²) in [6.07, 6.45) is 13.3. The molecule has 4 rings (SSSR count). The molecule has 0 aromatic rings. The van der Waals surface area contributed by atoms with Crippen molar-refractivity contribution < 1.29 is 0 Å². The molecule has 0 amide bonds. The lowest BCUT2D eigenvalue weighted by Crippen LogP contribution is -2.39. The van der Waals surface area contributed by atoms with E-state index >= 15 is 0 Å². The Bertz CT molecular complexity index is 283. The van der Waals surface area contributed by atoms with E-state index in [0.29, 0.717) is 0 Å². The minimum absolute atomic E-state index is 0.881. The normalized spacial score (nSPS) is 39.5. The van der Waals surface area contributed by atoms with Gasteiger partial charge in [-0.3, -0.25) is 0 Å². The minimum Gasteiger partial charge on any atom is -0.311 e. The highest BCUT2D eigenvalue weighted by molar-refractivity contribution is 4.93. The van der Waals surface area contributed by atoms with Crippen LogP contribution in [0.5, 0.6) is 0 Å². The first-order chi connectivity index (χ1) is 8.87. The molecule has 0 aromatic carbocycles. The zero-order valence-electron chi connectivity index (χ0n) is 11.6. The summed E-state index contributed by atoms with van der Waals surface area (Å²) in [5.74, 6) is 2.11. The molecule has 0 radical (unpaired) electrons. The number of piperidine rings is 1. The second-order valence-corrected chi connectivity index (χ2v) is 7.43. The highest BCUT2D eigenvalue weighted by Gasteiger charge is 2.36. The molecule has 4 aliphatic rings. The van der Waals surface area contributed by atoms with Gasteiger partial charge in [0.25, 0.3) is 0 Å². The lowest BCUT2D eigenvalue weighted by Gasteiger charge is -2.31. The molecule has 2 bridgehead atoms. The van der Waals surface area contributed by atoms with Crippen LogP contribution >= 0.6 is 0 Å². The van der Waals surface area contributed by atoms with E-state index < -0.39 is 0 Å². The molecule has 0 aromatic heterocycles. The molecule has 4 fully saturated rings. The molecule has 0 spiro atoms. The average Bonchev–Trinajstić information content (AvgIpc) is 3.24. The number of nitrogens with zero attached hydrogens (tertiary/aromatic N) is 1. The summed E-state index contributed by atoms with van der Waals surface area (Å²) in [6.45, 7) is 2.84. The van der Waals surface area contributed by atoms with Gasteiger partial charge in [0.05, 0.1) is 0 Å². The fraction of sp³-hybridized carbons (Fsp3) is 1.00. The number of rotatable bonds is 6. The Labute approximate surface area is 111 Å². The first-order valence-electron chi connectivity index (χ1n) is 8.37. The summed E-state index contributed by atoms with van der Waals surface area (Å²) in [5, 5.41) is 3.77. The SMILES string of the molecule is C(CN(CC1CC1)C1CC1)C1CC2CCC(C1)N2. The Kier molecular flexibility index (Phi) is 3.12. The van der Waals surface area contributed by atoms with Crippen molar-refractivity contribution in [2.24, 2.45) is 11.8 Å². The van der Waals surface area contributed by atoms with Crippen molar-refractivity contribution >= 4 is 0 Å². The average molecular weight is 248 g/mol. The van der Waals surface area contributed by atoms with E-state index in [-0.39, 0.29) is 0 Å². The molecule has 2 nitrogen and oxygen atoms in total. The van der Waals surface area contributed by atoms with Gasteiger partial charge < -0.3 is 10.2 Å². The van der Waals surface area contributed by atoms with Crippen LogP contribution in [-0.2, 0) is 0 Å². The van der Waals surface area contributed by atoms with Crippen molar-refractivity contribution in [1.82, 2.24) is 10.2 Å². The third-order valence-electron chi connectivity index (χ3n) is 5.65. The Morgan fingerprint density at radius 2 is 1.56 bits per heavy atom. The van der Waals surface area contributed by atoms with Gasteiger partial charge in [-0.2, -0.15) is 0 Å². The van der Waals surface area contributed by atoms with E-state index in [1.165, 1.54) is 70.9 Å². The van der Waals surface area contributed by atoms with Crippen LogP contribution in [-0.4, -0.2) is 36.1 Å². The quantitative estimate of drug-likeness (QED) is 0.777. The van der Waals surface area contributed by atoms with Gasteiger partial charge in [-0.15, -0.1) is 0 Å². The molecule has 2 heterocycles. The first kappa shape index (κ1) is 11.7. The molecule has 2 aliphatic heterocycles. The lowest BCUT2D eigenvalue weighted by molar-refractivity contribution is 0.206. The maximum Gasteiger partial charge on any atom is 0.00965 e.